The number of fused-ring (bicyclic) bond motifs is 1. The quantitative estimate of drug-likeness (QED) is 0.374. The van der Waals surface area contributed by atoms with Gasteiger partial charge in [-0.05, 0) is 93.7 Å². The van der Waals surface area contributed by atoms with Crippen LogP contribution in [0.15, 0.2) is 67.0 Å². The van der Waals surface area contributed by atoms with E-state index in [2.05, 4.69) is 51.2 Å². The van der Waals surface area contributed by atoms with Gasteiger partial charge in [-0.25, -0.2) is 13.4 Å². The molecule has 2 aliphatic rings. The molecule has 0 amide bonds. The van der Waals surface area contributed by atoms with Crippen LogP contribution >= 0.6 is 0 Å². The fourth-order valence-electron chi connectivity index (χ4n) is 4.84. The highest BCUT2D eigenvalue weighted by atomic mass is 32.2. The number of hydrogen-bond acceptors (Lipinski definition) is 6. The molecule has 4 aromatic rings. The molecular formula is C27H30N6O2S. The smallest absolute Gasteiger partial charge is 0.235 e. The zero-order valence-corrected chi connectivity index (χ0v) is 21.1. The van der Waals surface area contributed by atoms with Crippen LogP contribution in [-0.2, 0) is 10.0 Å². The molecule has 0 radical (unpaired) electrons. The molecule has 0 unspecified atom stereocenters. The Morgan fingerprint density at radius 2 is 1.72 bits per heavy atom. The second-order valence-corrected chi connectivity index (χ2v) is 11.8. The lowest BCUT2D eigenvalue weighted by Gasteiger charge is -2.29. The van der Waals surface area contributed by atoms with Crippen LogP contribution in [0.5, 0.6) is 0 Å². The molecule has 6 rings (SSSR count). The topological polar surface area (TPSA) is 92.2 Å². The van der Waals surface area contributed by atoms with Gasteiger partial charge in [0.15, 0.2) is 0 Å². The van der Waals surface area contributed by atoms with Crippen LogP contribution in [0.25, 0.3) is 16.7 Å². The van der Waals surface area contributed by atoms with Crippen molar-refractivity contribution in [2.24, 2.45) is 0 Å². The van der Waals surface area contributed by atoms with Crippen molar-refractivity contribution in [3.8, 4) is 5.69 Å². The second kappa shape index (κ2) is 9.22. The van der Waals surface area contributed by atoms with Crippen molar-refractivity contribution in [1.29, 1.82) is 0 Å². The number of hydrogen-bond donors (Lipinski definition) is 2. The summed E-state index contributed by atoms with van der Waals surface area (Å²) in [6.45, 7) is 2.29. The van der Waals surface area contributed by atoms with Crippen molar-refractivity contribution in [1.82, 2.24) is 19.4 Å². The molecule has 2 aromatic carbocycles. The summed E-state index contributed by atoms with van der Waals surface area (Å²) in [4.78, 5) is 11.6. The van der Waals surface area contributed by atoms with Gasteiger partial charge in [0.05, 0.1) is 10.9 Å². The summed E-state index contributed by atoms with van der Waals surface area (Å²) in [5.74, 6) is 1.13. The van der Waals surface area contributed by atoms with Gasteiger partial charge in [-0.2, -0.15) is 4.98 Å². The molecule has 3 heterocycles. The largest absolute Gasteiger partial charge is 0.324 e. The number of likely N-dealkylation sites (tertiary alicyclic amines) is 1. The van der Waals surface area contributed by atoms with Gasteiger partial charge in [0.1, 0.15) is 5.65 Å². The van der Waals surface area contributed by atoms with Crippen LogP contribution in [-0.4, -0.2) is 53.2 Å². The molecule has 8 nitrogen and oxygen atoms in total. The summed E-state index contributed by atoms with van der Waals surface area (Å²) in [5, 5.41) is 3.96. The number of anilines is 3. The lowest BCUT2D eigenvalue weighted by molar-refractivity contribution is 0.255. The number of benzene rings is 2. The van der Waals surface area contributed by atoms with E-state index in [1.807, 2.05) is 35.0 Å². The minimum absolute atomic E-state index is 0.270. The van der Waals surface area contributed by atoms with Gasteiger partial charge >= 0.3 is 0 Å². The molecule has 1 saturated carbocycles. The Kier molecular flexibility index (Phi) is 5.89. The highest BCUT2D eigenvalue weighted by Gasteiger charge is 2.35. The van der Waals surface area contributed by atoms with Crippen LogP contribution in [0, 0.1) is 0 Å². The van der Waals surface area contributed by atoms with Crippen molar-refractivity contribution in [3.63, 3.8) is 0 Å². The molecule has 186 valence electrons. The molecule has 0 spiro atoms. The Morgan fingerprint density at radius 1 is 0.944 bits per heavy atom. The predicted molar refractivity (Wildman–Crippen MR) is 144 cm³/mol. The first-order valence-electron chi connectivity index (χ1n) is 12.5. The van der Waals surface area contributed by atoms with Gasteiger partial charge in [-0.3, -0.25) is 4.72 Å². The molecule has 0 bridgehead atoms. The molecule has 1 aliphatic heterocycles. The number of piperidine rings is 1. The maximum atomic E-state index is 12.4. The second-order valence-electron chi connectivity index (χ2n) is 9.88. The lowest BCUT2D eigenvalue weighted by atomic mass is 9.89. The van der Waals surface area contributed by atoms with Crippen LogP contribution in [0.4, 0.5) is 17.3 Å². The fraction of sp³-hybridized carbons (Fsp3) is 0.333. The fourth-order valence-corrected chi connectivity index (χ4v) is 6.22. The van der Waals surface area contributed by atoms with E-state index < -0.39 is 10.0 Å². The van der Waals surface area contributed by atoms with E-state index >= 15 is 0 Å². The molecule has 0 atom stereocenters. The minimum atomic E-state index is -3.32. The van der Waals surface area contributed by atoms with E-state index in [0.717, 1.165) is 48.3 Å². The molecule has 1 aliphatic carbocycles. The van der Waals surface area contributed by atoms with Crippen LogP contribution in [0.3, 0.4) is 0 Å². The van der Waals surface area contributed by atoms with Crippen LogP contribution in [0.1, 0.15) is 37.2 Å². The number of nitrogens with one attached hydrogen (secondary N) is 2. The summed E-state index contributed by atoms with van der Waals surface area (Å²) in [6.07, 6.45) is 7.57. The summed E-state index contributed by atoms with van der Waals surface area (Å²) in [5.41, 5.74) is 4.46. The van der Waals surface area contributed by atoms with E-state index in [9.17, 15) is 8.42 Å². The van der Waals surface area contributed by atoms with Crippen LogP contribution < -0.4 is 10.0 Å². The van der Waals surface area contributed by atoms with E-state index in [0.29, 0.717) is 17.6 Å². The Labute approximate surface area is 211 Å². The highest BCUT2D eigenvalue weighted by molar-refractivity contribution is 7.93. The standard InChI is InChI=1S/C27H30N6O2S/c1-32-14-11-20(12-15-32)19-5-7-22(8-6-19)29-27-28-18-21-13-16-33(26(21)30-27)24-4-2-3-23(17-24)31-36(34,35)25-9-10-25/h2-8,13,16-18,20,25,31H,9-12,14-15H2,1H3,(H,28,29,30). The minimum Gasteiger partial charge on any atom is -0.324 e. The van der Waals surface area contributed by atoms with E-state index in [1.165, 1.54) is 18.4 Å². The van der Waals surface area contributed by atoms with Crippen molar-refractivity contribution in [2.45, 2.75) is 36.9 Å². The summed E-state index contributed by atoms with van der Waals surface area (Å²) >= 11 is 0. The number of sulfonamides is 1. The summed E-state index contributed by atoms with van der Waals surface area (Å²) in [6, 6.07) is 17.9. The van der Waals surface area contributed by atoms with E-state index in [1.54, 1.807) is 12.3 Å². The van der Waals surface area contributed by atoms with Gasteiger partial charge in [0.2, 0.25) is 16.0 Å². The first-order valence-corrected chi connectivity index (χ1v) is 14.0. The Bertz CT molecular complexity index is 1490. The van der Waals surface area contributed by atoms with Crippen LogP contribution in [0.2, 0.25) is 0 Å². The SMILES string of the molecule is CN1CCC(c2ccc(Nc3ncc4ccn(-c5cccc(NS(=O)(=O)C6CC6)c5)c4n3)cc2)CC1. The first-order chi connectivity index (χ1) is 17.4. The summed E-state index contributed by atoms with van der Waals surface area (Å²) in [7, 11) is -1.14. The number of rotatable bonds is 7. The third kappa shape index (κ3) is 4.81. The molecule has 2 N–H and O–H groups in total. The van der Waals surface area contributed by atoms with Crippen molar-refractivity contribution in [3.05, 3.63) is 72.6 Å². The zero-order valence-electron chi connectivity index (χ0n) is 20.3. The third-order valence-corrected chi connectivity index (χ3v) is 9.00. The highest BCUT2D eigenvalue weighted by Crippen LogP contribution is 2.31. The average molecular weight is 503 g/mol. The Morgan fingerprint density at radius 3 is 2.47 bits per heavy atom. The summed E-state index contributed by atoms with van der Waals surface area (Å²) < 4.78 is 29.4. The van der Waals surface area contributed by atoms with E-state index in [4.69, 9.17) is 4.98 Å². The maximum Gasteiger partial charge on any atom is 0.235 e. The van der Waals surface area contributed by atoms with Crippen molar-refractivity contribution < 1.29 is 8.42 Å². The van der Waals surface area contributed by atoms with Gasteiger partial charge in [-0.1, -0.05) is 18.2 Å². The Hall–Kier alpha value is -3.43. The third-order valence-electron chi connectivity index (χ3n) is 7.13. The number of nitrogens with zero attached hydrogens (tertiary/aromatic N) is 4. The van der Waals surface area contributed by atoms with E-state index in [-0.39, 0.29) is 5.25 Å². The predicted octanol–water partition coefficient (Wildman–Crippen LogP) is 4.88. The lowest BCUT2D eigenvalue weighted by Crippen LogP contribution is -2.29. The molecule has 2 aromatic heterocycles. The normalized spacial score (nSPS) is 17.4. The molecule has 1 saturated heterocycles. The van der Waals surface area contributed by atoms with Crippen molar-refractivity contribution >= 4 is 38.4 Å². The number of aromatic nitrogens is 3. The molecular weight excluding hydrogens is 472 g/mol. The molecule has 9 heteroatoms. The zero-order chi connectivity index (χ0) is 24.7. The Balaban J connectivity index is 1.22. The molecule has 36 heavy (non-hydrogen) atoms. The maximum absolute atomic E-state index is 12.4. The van der Waals surface area contributed by atoms with Gasteiger partial charge in [0, 0.05) is 29.2 Å². The monoisotopic (exact) mass is 502 g/mol. The van der Waals surface area contributed by atoms with Gasteiger partial charge < -0.3 is 14.8 Å². The van der Waals surface area contributed by atoms with Gasteiger partial charge in [-0.15, -0.1) is 0 Å². The molecule has 2 fully saturated rings. The average Bonchev–Trinajstić information content (AvgIpc) is 3.66. The van der Waals surface area contributed by atoms with Crippen molar-refractivity contribution in [2.75, 3.05) is 30.2 Å². The first kappa shape index (κ1) is 23.0. The van der Waals surface area contributed by atoms with Gasteiger partial charge in [0.25, 0.3) is 0 Å².